The zero-order valence-corrected chi connectivity index (χ0v) is 7.45. The number of thioether (sulfide) groups is 1. The summed E-state index contributed by atoms with van der Waals surface area (Å²) in [5.41, 5.74) is 5.89. The first-order valence-corrected chi connectivity index (χ1v) is 5.04. The first kappa shape index (κ1) is 8.37. The highest BCUT2D eigenvalue weighted by atomic mass is 32.2. The molecule has 0 spiro atoms. The van der Waals surface area contributed by atoms with Crippen LogP contribution in [-0.4, -0.2) is 24.2 Å². The molecule has 2 nitrogen and oxygen atoms in total. The summed E-state index contributed by atoms with van der Waals surface area (Å²) in [4.78, 5) is 0. The lowest BCUT2D eigenvalue weighted by molar-refractivity contribution is 0.334. The van der Waals surface area contributed by atoms with Gasteiger partial charge in [0.1, 0.15) is 0 Å². The third-order valence-corrected chi connectivity index (χ3v) is 3.10. The molecule has 0 bridgehead atoms. The highest BCUT2D eigenvalue weighted by Crippen LogP contribution is 2.18. The van der Waals surface area contributed by atoms with Gasteiger partial charge in [-0.2, -0.15) is 0 Å². The molecule has 0 aromatic rings. The topological polar surface area (TPSA) is 38.0 Å². The molecule has 1 aliphatic rings. The summed E-state index contributed by atoms with van der Waals surface area (Å²) in [5.74, 6) is 0.642. The van der Waals surface area contributed by atoms with Gasteiger partial charge in [-0.3, -0.25) is 0 Å². The maximum Gasteiger partial charge on any atom is 0.0544 e. The summed E-state index contributed by atoms with van der Waals surface area (Å²) in [7, 11) is 0. The minimum absolute atomic E-state index is 0.402. The Hall–Kier alpha value is 0.270. The SMILES string of the molecule is CSC1CC(N)C(C)CN1. The van der Waals surface area contributed by atoms with Crippen molar-refractivity contribution in [3.8, 4) is 0 Å². The van der Waals surface area contributed by atoms with Gasteiger partial charge in [-0.25, -0.2) is 0 Å². The predicted molar refractivity (Wildman–Crippen MR) is 47.1 cm³/mol. The molecule has 1 fully saturated rings. The average molecular weight is 160 g/mol. The van der Waals surface area contributed by atoms with Crippen molar-refractivity contribution >= 4 is 11.8 Å². The van der Waals surface area contributed by atoms with Crippen LogP contribution in [0.2, 0.25) is 0 Å². The van der Waals surface area contributed by atoms with Gasteiger partial charge in [0.25, 0.3) is 0 Å². The molecule has 0 aromatic heterocycles. The van der Waals surface area contributed by atoms with E-state index in [2.05, 4.69) is 18.5 Å². The molecule has 3 atom stereocenters. The molecule has 3 heteroatoms. The van der Waals surface area contributed by atoms with Crippen LogP contribution in [0.1, 0.15) is 13.3 Å². The number of hydrogen-bond donors (Lipinski definition) is 2. The van der Waals surface area contributed by atoms with E-state index in [1.165, 1.54) is 0 Å². The van der Waals surface area contributed by atoms with E-state index in [0.29, 0.717) is 17.3 Å². The lowest BCUT2D eigenvalue weighted by Gasteiger charge is -2.31. The van der Waals surface area contributed by atoms with Gasteiger partial charge >= 0.3 is 0 Å². The van der Waals surface area contributed by atoms with Crippen LogP contribution in [0.25, 0.3) is 0 Å². The highest BCUT2D eigenvalue weighted by Gasteiger charge is 2.23. The van der Waals surface area contributed by atoms with Crippen LogP contribution in [0.15, 0.2) is 0 Å². The monoisotopic (exact) mass is 160 g/mol. The summed E-state index contributed by atoms with van der Waals surface area (Å²) in [5, 5.41) is 4.02. The summed E-state index contributed by atoms with van der Waals surface area (Å²) in [6.45, 7) is 3.28. The predicted octanol–water partition coefficient (Wildman–Crippen LogP) is 0.632. The maximum atomic E-state index is 5.89. The molecule has 3 N–H and O–H groups in total. The zero-order valence-electron chi connectivity index (χ0n) is 6.63. The van der Waals surface area contributed by atoms with E-state index in [9.17, 15) is 0 Å². The molecule has 0 aromatic carbocycles. The normalized spacial score (nSPS) is 41.7. The van der Waals surface area contributed by atoms with Crippen LogP contribution >= 0.6 is 11.8 Å². The molecule has 0 saturated carbocycles. The Labute approximate surface area is 66.9 Å². The van der Waals surface area contributed by atoms with Gasteiger partial charge in [-0.15, -0.1) is 11.8 Å². The first-order valence-electron chi connectivity index (χ1n) is 3.75. The van der Waals surface area contributed by atoms with Crippen molar-refractivity contribution in [3.05, 3.63) is 0 Å². The fraction of sp³-hybridized carbons (Fsp3) is 1.00. The van der Waals surface area contributed by atoms with Gasteiger partial charge in [0.05, 0.1) is 5.37 Å². The Bertz CT molecular complexity index is 108. The molecule has 1 heterocycles. The van der Waals surface area contributed by atoms with Gasteiger partial charge in [0.2, 0.25) is 0 Å². The van der Waals surface area contributed by atoms with Crippen LogP contribution in [0.3, 0.4) is 0 Å². The standard InChI is InChI=1S/C7H16N2S/c1-5-4-9-7(10-2)3-6(5)8/h5-7,9H,3-4,8H2,1-2H3. The fourth-order valence-corrected chi connectivity index (χ4v) is 1.89. The van der Waals surface area contributed by atoms with Crippen molar-refractivity contribution in [1.82, 2.24) is 5.32 Å². The smallest absolute Gasteiger partial charge is 0.0544 e. The van der Waals surface area contributed by atoms with Crippen molar-refractivity contribution in [2.45, 2.75) is 24.8 Å². The lowest BCUT2D eigenvalue weighted by atomic mass is 9.96. The third kappa shape index (κ3) is 1.87. The van der Waals surface area contributed by atoms with Gasteiger partial charge < -0.3 is 11.1 Å². The van der Waals surface area contributed by atoms with E-state index in [4.69, 9.17) is 5.73 Å². The summed E-state index contributed by atoms with van der Waals surface area (Å²) < 4.78 is 0. The molecule has 1 aliphatic heterocycles. The molecular formula is C7H16N2S. The molecule has 1 saturated heterocycles. The van der Waals surface area contributed by atoms with Crippen LogP contribution in [-0.2, 0) is 0 Å². The minimum atomic E-state index is 0.402. The Balaban J connectivity index is 2.33. The first-order chi connectivity index (χ1) is 4.74. The van der Waals surface area contributed by atoms with Gasteiger partial charge in [0, 0.05) is 12.6 Å². The van der Waals surface area contributed by atoms with Crippen molar-refractivity contribution < 1.29 is 0 Å². The lowest BCUT2D eigenvalue weighted by Crippen LogP contribution is -2.47. The largest absolute Gasteiger partial charge is 0.327 e. The van der Waals surface area contributed by atoms with E-state index in [-0.39, 0.29) is 0 Å². The minimum Gasteiger partial charge on any atom is -0.327 e. The molecule has 3 unspecified atom stereocenters. The van der Waals surface area contributed by atoms with Crippen molar-refractivity contribution in [2.75, 3.05) is 12.8 Å². The zero-order chi connectivity index (χ0) is 7.56. The second-order valence-electron chi connectivity index (χ2n) is 3.01. The number of hydrogen-bond acceptors (Lipinski definition) is 3. The summed E-state index contributed by atoms with van der Waals surface area (Å²) >= 11 is 1.86. The molecular weight excluding hydrogens is 144 g/mol. The Morgan fingerprint density at radius 1 is 1.60 bits per heavy atom. The van der Waals surface area contributed by atoms with Crippen LogP contribution in [0, 0.1) is 5.92 Å². The summed E-state index contributed by atoms with van der Waals surface area (Å²) in [6, 6.07) is 0.402. The van der Waals surface area contributed by atoms with Crippen LogP contribution in [0.4, 0.5) is 0 Å². The van der Waals surface area contributed by atoms with E-state index in [0.717, 1.165) is 13.0 Å². The van der Waals surface area contributed by atoms with E-state index >= 15 is 0 Å². The van der Waals surface area contributed by atoms with Gasteiger partial charge in [-0.05, 0) is 18.6 Å². The molecule has 0 aliphatic carbocycles. The molecule has 10 heavy (non-hydrogen) atoms. The second kappa shape index (κ2) is 3.60. The average Bonchev–Trinajstić information content (AvgIpc) is 1.95. The molecule has 1 rings (SSSR count). The Kier molecular flexibility index (Phi) is 3.01. The number of nitrogens with one attached hydrogen (secondary N) is 1. The number of rotatable bonds is 1. The fourth-order valence-electron chi connectivity index (χ4n) is 1.21. The van der Waals surface area contributed by atoms with Crippen LogP contribution < -0.4 is 11.1 Å². The third-order valence-electron chi connectivity index (χ3n) is 2.17. The van der Waals surface area contributed by atoms with E-state index in [1.54, 1.807) is 0 Å². The molecule has 0 radical (unpaired) electrons. The highest BCUT2D eigenvalue weighted by molar-refractivity contribution is 7.99. The van der Waals surface area contributed by atoms with Crippen molar-refractivity contribution in [3.63, 3.8) is 0 Å². The van der Waals surface area contributed by atoms with E-state index in [1.807, 2.05) is 11.8 Å². The van der Waals surface area contributed by atoms with Gasteiger partial charge in [0.15, 0.2) is 0 Å². The second-order valence-corrected chi connectivity index (χ2v) is 4.05. The Morgan fingerprint density at radius 2 is 2.30 bits per heavy atom. The Morgan fingerprint density at radius 3 is 2.80 bits per heavy atom. The van der Waals surface area contributed by atoms with Gasteiger partial charge in [-0.1, -0.05) is 6.92 Å². The number of nitrogens with two attached hydrogens (primary N) is 1. The van der Waals surface area contributed by atoms with Crippen molar-refractivity contribution in [2.24, 2.45) is 11.7 Å². The molecule has 60 valence electrons. The number of piperidine rings is 1. The molecule has 0 amide bonds. The maximum absolute atomic E-state index is 5.89. The van der Waals surface area contributed by atoms with Crippen molar-refractivity contribution in [1.29, 1.82) is 0 Å². The van der Waals surface area contributed by atoms with Crippen LogP contribution in [0.5, 0.6) is 0 Å². The quantitative estimate of drug-likeness (QED) is 0.591. The van der Waals surface area contributed by atoms with E-state index < -0.39 is 0 Å². The summed E-state index contributed by atoms with van der Waals surface area (Å²) in [6.07, 6.45) is 3.24.